The van der Waals surface area contributed by atoms with E-state index >= 15 is 0 Å². The lowest BCUT2D eigenvalue weighted by Gasteiger charge is -2.36. The first-order chi connectivity index (χ1) is 12.4. The number of halogens is 3. The maximum Gasteiger partial charge on any atom is 0.416 e. The Hall–Kier alpha value is -1.80. The third-order valence-electron chi connectivity index (χ3n) is 5.71. The van der Waals surface area contributed by atoms with Gasteiger partial charge in [-0.25, -0.2) is 5.43 Å². The summed E-state index contributed by atoms with van der Waals surface area (Å²) in [5.41, 5.74) is 5.26. The van der Waals surface area contributed by atoms with Crippen LogP contribution in [-0.2, 0) is 11.0 Å². The molecule has 5 nitrogen and oxygen atoms in total. The number of likely N-dealkylation sites (tertiary alicyclic amines) is 1. The number of ether oxygens (including phenoxy) is 1. The number of alkyl halides is 3. The number of nitrogens with one attached hydrogen (secondary N) is 2. The molecule has 4 rings (SSSR count). The smallest absolute Gasteiger partial charge is 0.416 e. The third-order valence-corrected chi connectivity index (χ3v) is 5.71. The fourth-order valence-electron chi connectivity index (χ4n) is 4.44. The van der Waals surface area contributed by atoms with Crippen molar-refractivity contribution in [3.05, 3.63) is 29.8 Å². The topological polar surface area (TPSA) is 53.6 Å². The Labute approximate surface area is 149 Å². The minimum atomic E-state index is -4.39. The normalized spacial score (nSPS) is 30.8. The van der Waals surface area contributed by atoms with Crippen LogP contribution in [0.25, 0.3) is 0 Å². The molecule has 142 valence electrons. The number of amides is 1. The molecule has 8 heteroatoms. The molecule has 2 bridgehead atoms. The molecule has 1 aromatic carbocycles. The quantitative estimate of drug-likeness (QED) is 0.856. The van der Waals surface area contributed by atoms with Gasteiger partial charge in [-0.3, -0.25) is 10.2 Å². The van der Waals surface area contributed by atoms with Crippen LogP contribution >= 0.6 is 0 Å². The number of hydrogen-bond acceptors (Lipinski definition) is 4. The van der Waals surface area contributed by atoms with Crippen molar-refractivity contribution in [3.63, 3.8) is 0 Å². The lowest BCUT2D eigenvalue weighted by molar-refractivity contribution is -0.138. The maximum atomic E-state index is 12.9. The Morgan fingerprint density at radius 2 is 2.12 bits per heavy atom. The number of fused-ring (bicyclic) bond motifs is 2. The van der Waals surface area contributed by atoms with Crippen molar-refractivity contribution in [2.45, 2.75) is 50.0 Å². The van der Waals surface area contributed by atoms with Crippen LogP contribution in [0, 0.1) is 5.92 Å². The average Bonchev–Trinajstić information content (AvgIpc) is 3.35. The molecule has 3 aliphatic rings. The highest BCUT2D eigenvalue weighted by Crippen LogP contribution is 2.43. The first-order valence-corrected chi connectivity index (χ1v) is 9.04. The average molecular weight is 369 g/mol. The van der Waals surface area contributed by atoms with Crippen molar-refractivity contribution >= 4 is 5.91 Å². The molecular formula is C18H22F3N3O2. The summed E-state index contributed by atoms with van der Waals surface area (Å²) in [6, 6.07) is 4.84. The number of carbonyl (C=O) groups excluding carboxylic acids is 1. The molecule has 0 spiro atoms. The van der Waals surface area contributed by atoms with E-state index in [-0.39, 0.29) is 36.4 Å². The van der Waals surface area contributed by atoms with E-state index in [1.54, 1.807) is 0 Å². The minimum absolute atomic E-state index is 0.0693. The summed E-state index contributed by atoms with van der Waals surface area (Å²) < 4.78 is 44.2. The Morgan fingerprint density at radius 3 is 2.85 bits per heavy atom. The van der Waals surface area contributed by atoms with Crippen LogP contribution in [0.2, 0.25) is 0 Å². The summed E-state index contributed by atoms with van der Waals surface area (Å²) >= 11 is 0. The Bertz CT molecular complexity index is 676. The minimum Gasteiger partial charge on any atom is -0.491 e. The van der Waals surface area contributed by atoms with Gasteiger partial charge < -0.3 is 9.64 Å². The van der Waals surface area contributed by atoms with Gasteiger partial charge in [0.15, 0.2) is 0 Å². The lowest BCUT2D eigenvalue weighted by atomic mass is 9.98. The van der Waals surface area contributed by atoms with Crippen LogP contribution in [0.1, 0.15) is 31.2 Å². The van der Waals surface area contributed by atoms with Gasteiger partial charge in [-0.1, -0.05) is 6.07 Å². The molecule has 0 radical (unpaired) electrons. The molecule has 0 aromatic heterocycles. The number of hydrazine groups is 1. The lowest BCUT2D eigenvalue weighted by Crippen LogP contribution is -2.54. The van der Waals surface area contributed by atoms with Crippen LogP contribution in [-0.4, -0.2) is 42.1 Å². The van der Waals surface area contributed by atoms with Crippen LogP contribution in [0.3, 0.4) is 0 Å². The first kappa shape index (κ1) is 17.6. The molecule has 4 atom stereocenters. The zero-order valence-electron chi connectivity index (χ0n) is 14.3. The zero-order chi connectivity index (χ0) is 18.3. The van der Waals surface area contributed by atoms with Crippen LogP contribution in [0.5, 0.6) is 5.75 Å². The molecule has 2 aliphatic heterocycles. The summed E-state index contributed by atoms with van der Waals surface area (Å²) in [5.74, 6) is 0.625. The second kappa shape index (κ2) is 6.74. The van der Waals surface area contributed by atoms with Gasteiger partial charge in [0, 0.05) is 12.6 Å². The van der Waals surface area contributed by atoms with Crippen molar-refractivity contribution in [1.82, 2.24) is 15.8 Å². The molecule has 1 saturated carbocycles. The van der Waals surface area contributed by atoms with Gasteiger partial charge in [-0.15, -0.1) is 0 Å². The second-order valence-corrected chi connectivity index (χ2v) is 7.29. The van der Waals surface area contributed by atoms with Crippen molar-refractivity contribution in [1.29, 1.82) is 0 Å². The molecule has 3 fully saturated rings. The van der Waals surface area contributed by atoms with Crippen molar-refractivity contribution in [2.75, 3.05) is 13.2 Å². The SMILES string of the molecule is O=C(C1CCNN1)N1C2CCC(C2)[C@H]1COc1cccc(C(F)(F)F)c1. The number of carbonyl (C=O) groups is 1. The highest BCUT2D eigenvalue weighted by Gasteiger charge is 2.49. The molecule has 2 N–H and O–H groups in total. The predicted octanol–water partition coefficient (Wildman–Crippen LogP) is 2.33. The maximum absolute atomic E-state index is 12.9. The molecule has 26 heavy (non-hydrogen) atoms. The van der Waals surface area contributed by atoms with E-state index in [1.165, 1.54) is 12.1 Å². The standard InChI is InChI=1S/C18H22F3N3O2/c19-18(20,21)12-2-1-3-14(9-12)26-10-16-11-4-5-13(8-11)24(16)17(25)15-6-7-22-23-15/h1-3,9,11,13,15-16,22-23H,4-8,10H2/t11?,13?,15?,16-/m1/s1. The molecule has 1 amide bonds. The molecular weight excluding hydrogens is 347 g/mol. The van der Waals surface area contributed by atoms with Crippen LogP contribution in [0.4, 0.5) is 13.2 Å². The second-order valence-electron chi connectivity index (χ2n) is 7.29. The van der Waals surface area contributed by atoms with Crippen molar-refractivity contribution in [2.24, 2.45) is 5.92 Å². The predicted molar refractivity (Wildman–Crippen MR) is 88.2 cm³/mol. The van der Waals surface area contributed by atoms with E-state index < -0.39 is 11.7 Å². The number of rotatable bonds is 4. The van der Waals surface area contributed by atoms with Gasteiger partial charge in [-0.2, -0.15) is 13.2 Å². The highest BCUT2D eigenvalue weighted by atomic mass is 19.4. The number of benzene rings is 1. The summed E-state index contributed by atoms with van der Waals surface area (Å²) in [5, 5.41) is 0. The first-order valence-electron chi connectivity index (χ1n) is 9.04. The Morgan fingerprint density at radius 1 is 1.27 bits per heavy atom. The van der Waals surface area contributed by atoms with Gasteiger partial charge in [-0.05, 0) is 49.8 Å². The largest absolute Gasteiger partial charge is 0.491 e. The Kier molecular flexibility index (Phi) is 4.56. The van der Waals surface area contributed by atoms with E-state index in [2.05, 4.69) is 10.9 Å². The van der Waals surface area contributed by atoms with E-state index in [4.69, 9.17) is 4.74 Å². The fourth-order valence-corrected chi connectivity index (χ4v) is 4.44. The van der Waals surface area contributed by atoms with Gasteiger partial charge in [0.2, 0.25) is 5.91 Å². The van der Waals surface area contributed by atoms with Gasteiger partial charge in [0.05, 0.1) is 11.6 Å². The Balaban J connectivity index is 1.45. The van der Waals surface area contributed by atoms with E-state index in [0.717, 1.165) is 44.4 Å². The molecule has 1 aromatic rings. The van der Waals surface area contributed by atoms with E-state index in [0.29, 0.717) is 5.92 Å². The summed E-state index contributed by atoms with van der Waals surface area (Å²) in [7, 11) is 0. The zero-order valence-corrected chi connectivity index (χ0v) is 14.3. The summed E-state index contributed by atoms with van der Waals surface area (Å²) in [6.07, 6.45) is -0.649. The molecule has 3 unspecified atom stereocenters. The van der Waals surface area contributed by atoms with Gasteiger partial charge in [0.25, 0.3) is 0 Å². The van der Waals surface area contributed by atoms with Crippen LogP contribution in [0.15, 0.2) is 24.3 Å². The summed E-state index contributed by atoms with van der Waals surface area (Å²) in [6.45, 7) is 0.984. The van der Waals surface area contributed by atoms with E-state index in [9.17, 15) is 18.0 Å². The molecule has 2 heterocycles. The van der Waals surface area contributed by atoms with Gasteiger partial charge >= 0.3 is 6.18 Å². The molecule has 2 saturated heterocycles. The van der Waals surface area contributed by atoms with Crippen LogP contribution < -0.4 is 15.6 Å². The number of piperidine rings is 1. The number of hydrogen-bond donors (Lipinski definition) is 2. The van der Waals surface area contributed by atoms with Crippen molar-refractivity contribution < 1.29 is 22.7 Å². The highest BCUT2D eigenvalue weighted by molar-refractivity contribution is 5.83. The number of nitrogens with zero attached hydrogens (tertiary/aromatic N) is 1. The monoisotopic (exact) mass is 369 g/mol. The summed E-state index contributed by atoms with van der Waals surface area (Å²) in [4.78, 5) is 14.8. The van der Waals surface area contributed by atoms with Gasteiger partial charge in [0.1, 0.15) is 18.4 Å². The van der Waals surface area contributed by atoms with Crippen molar-refractivity contribution in [3.8, 4) is 5.75 Å². The third kappa shape index (κ3) is 3.27. The molecule has 1 aliphatic carbocycles. The fraction of sp³-hybridized carbons (Fsp3) is 0.611. The van der Waals surface area contributed by atoms with E-state index in [1.807, 2.05) is 4.90 Å².